The highest BCUT2D eigenvalue weighted by Gasteiger charge is 2.44. The third kappa shape index (κ3) is 3.37. The monoisotopic (exact) mass is 358 g/mol. The highest BCUT2D eigenvalue weighted by molar-refractivity contribution is 5.96. The van der Waals surface area contributed by atoms with Crippen LogP contribution in [0.2, 0.25) is 0 Å². The molecular weight excluding hydrogens is 338 g/mol. The van der Waals surface area contributed by atoms with Gasteiger partial charge < -0.3 is 15.0 Å². The molecule has 4 nitrogen and oxygen atoms in total. The number of hydrogen-bond donors (Lipinski definition) is 1. The van der Waals surface area contributed by atoms with Crippen LogP contribution in [-0.2, 0) is 4.79 Å². The smallest absolute Gasteiger partial charge is 0.259 e. The van der Waals surface area contributed by atoms with Crippen LogP contribution in [0, 0.1) is 11.6 Å². The van der Waals surface area contributed by atoms with E-state index in [1.807, 2.05) is 6.07 Å². The molecule has 0 atom stereocenters. The summed E-state index contributed by atoms with van der Waals surface area (Å²) in [6.45, 7) is 0.630. The summed E-state index contributed by atoms with van der Waals surface area (Å²) in [6, 6.07) is 11.2. The van der Waals surface area contributed by atoms with Crippen LogP contribution in [0.15, 0.2) is 42.5 Å². The van der Waals surface area contributed by atoms with Gasteiger partial charge in [0, 0.05) is 19.5 Å². The largest absolute Gasteiger partial charge is 0.335 e. The lowest BCUT2D eigenvalue weighted by Gasteiger charge is -2.50. The predicted molar refractivity (Wildman–Crippen MR) is 94.8 cm³/mol. The van der Waals surface area contributed by atoms with Crippen LogP contribution in [0.4, 0.5) is 8.78 Å². The molecule has 3 rings (SSSR count). The lowest BCUT2D eigenvalue weighted by Crippen LogP contribution is -2.69. The molecule has 0 bridgehead atoms. The van der Waals surface area contributed by atoms with E-state index in [9.17, 15) is 18.4 Å². The molecule has 0 saturated carbocycles. The molecule has 1 amide bonds. The molecule has 136 valence electrons. The van der Waals surface area contributed by atoms with Crippen molar-refractivity contribution >= 4 is 12.2 Å². The van der Waals surface area contributed by atoms with Gasteiger partial charge in [-0.15, -0.1) is 0 Å². The van der Waals surface area contributed by atoms with Crippen LogP contribution in [0.3, 0.4) is 0 Å². The van der Waals surface area contributed by atoms with Crippen LogP contribution in [0.25, 0.3) is 11.1 Å². The van der Waals surface area contributed by atoms with Gasteiger partial charge in [0.25, 0.3) is 5.91 Å². The molecule has 0 aromatic heterocycles. The molecule has 2 aromatic carbocycles. The van der Waals surface area contributed by atoms with Gasteiger partial charge in [-0.3, -0.25) is 4.79 Å². The normalized spacial score (nSPS) is 15.4. The number of aldehydes is 1. The van der Waals surface area contributed by atoms with Crippen LogP contribution >= 0.6 is 0 Å². The van der Waals surface area contributed by atoms with Crippen molar-refractivity contribution < 1.29 is 18.4 Å². The van der Waals surface area contributed by atoms with Gasteiger partial charge in [-0.2, -0.15) is 0 Å². The van der Waals surface area contributed by atoms with Gasteiger partial charge in [-0.25, -0.2) is 8.78 Å². The minimum Gasteiger partial charge on any atom is -0.335 e. The zero-order valence-electron chi connectivity index (χ0n) is 14.5. The quantitative estimate of drug-likeness (QED) is 0.808. The van der Waals surface area contributed by atoms with Gasteiger partial charge in [0.15, 0.2) is 0 Å². The van der Waals surface area contributed by atoms with Gasteiger partial charge in [0.2, 0.25) is 0 Å². The first-order valence-corrected chi connectivity index (χ1v) is 8.46. The van der Waals surface area contributed by atoms with E-state index in [1.165, 1.54) is 17.0 Å². The van der Waals surface area contributed by atoms with Crippen molar-refractivity contribution in [3.63, 3.8) is 0 Å². The fraction of sp³-hybridized carbons (Fsp3) is 0.300. The summed E-state index contributed by atoms with van der Waals surface area (Å²) < 4.78 is 29.0. The first-order chi connectivity index (χ1) is 12.5. The molecular formula is C20H20F2N2O2. The third-order valence-electron chi connectivity index (χ3n) is 4.91. The number of hydrogen-bond acceptors (Lipinski definition) is 3. The molecule has 26 heavy (non-hydrogen) atoms. The number of nitrogens with zero attached hydrogens (tertiary/aromatic N) is 1. The van der Waals surface area contributed by atoms with Crippen LogP contribution in [0.1, 0.15) is 23.2 Å². The van der Waals surface area contributed by atoms with Crippen molar-refractivity contribution in [2.45, 2.75) is 18.4 Å². The van der Waals surface area contributed by atoms with Crippen LogP contribution in [-0.4, -0.2) is 42.8 Å². The van der Waals surface area contributed by atoms with E-state index >= 15 is 0 Å². The lowest BCUT2D eigenvalue weighted by molar-refractivity contribution is -0.108. The van der Waals surface area contributed by atoms with Crippen LogP contribution < -0.4 is 5.32 Å². The van der Waals surface area contributed by atoms with Crippen molar-refractivity contribution in [1.82, 2.24) is 10.2 Å². The van der Waals surface area contributed by atoms with Crippen molar-refractivity contribution in [2.75, 3.05) is 20.1 Å². The molecule has 0 radical (unpaired) electrons. The molecule has 1 fully saturated rings. The van der Waals surface area contributed by atoms with Gasteiger partial charge in [0.1, 0.15) is 23.5 Å². The van der Waals surface area contributed by atoms with Gasteiger partial charge >= 0.3 is 0 Å². The summed E-state index contributed by atoms with van der Waals surface area (Å²) in [6.07, 6.45) is 1.78. The maximum Gasteiger partial charge on any atom is 0.259 e. The van der Waals surface area contributed by atoms with E-state index in [0.29, 0.717) is 37.1 Å². The second-order valence-electron chi connectivity index (χ2n) is 6.58. The third-order valence-corrected chi connectivity index (χ3v) is 4.91. The van der Waals surface area contributed by atoms with E-state index in [-0.39, 0.29) is 5.54 Å². The van der Waals surface area contributed by atoms with Crippen molar-refractivity contribution in [3.8, 4) is 11.1 Å². The second-order valence-corrected chi connectivity index (χ2v) is 6.58. The maximum absolute atomic E-state index is 14.5. The summed E-state index contributed by atoms with van der Waals surface area (Å²) >= 11 is 0. The summed E-state index contributed by atoms with van der Waals surface area (Å²) in [4.78, 5) is 24.5. The Labute approximate surface area is 150 Å². The zero-order valence-corrected chi connectivity index (χ0v) is 14.5. The SMILES string of the molecule is CNC1(CCC=O)CN(C(=O)c2c(F)cc(-c3ccccc3)cc2F)C1. The van der Waals surface area contributed by atoms with E-state index in [0.717, 1.165) is 6.29 Å². The Hall–Kier alpha value is -2.60. The van der Waals surface area contributed by atoms with Crippen molar-refractivity contribution in [3.05, 3.63) is 59.7 Å². The van der Waals surface area contributed by atoms with Crippen molar-refractivity contribution in [1.29, 1.82) is 0 Å². The molecule has 2 aromatic rings. The Morgan fingerprint density at radius 2 is 1.77 bits per heavy atom. The van der Waals surface area contributed by atoms with Gasteiger partial charge in [-0.1, -0.05) is 30.3 Å². The minimum absolute atomic E-state index is 0.315. The molecule has 6 heteroatoms. The van der Waals surface area contributed by atoms with E-state index in [4.69, 9.17) is 0 Å². The fourth-order valence-corrected chi connectivity index (χ4v) is 3.34. The number of nitrogens with one attached hydrogen (secondary N) is 1. The number of benzene rings is 2. The Balaban J connectivity index is 1.80. The maximum atomic E-state index is 14.5. The number of halogens is 2. The topological polar surface area (TPSA) is 49.4 Å². The molecule has 0 unspecified atom stereocenters. The number of likely N-dealkylation sites (N-methyl/N-ethyl adjacent to an activating group) is 1. The fourth-order valence-electron chi connectivity index (χ4n) is 3.34. The Morgan fingerprint density at radius 1 is 1.15 bits per heavy atom. The summed E-state index contributed by atoms with van der Waals surface area (Å²) in [5.74, 6) is -2.41. The average Bonchev–Trinajstić information content (AvgIpc) is 2.61. The molecule has 1 N–H and O–H groups in total. The average molecular weight is 358 g/mol. The summed E-state index contributed by atoms with van der Waals surface area (Å²) in [5.41, 5.74) is 0.158. The number of rotatable bonds is 6. The summed E-state index contributed by atoms with van der Waals surface area (Å²) in [5, 5.41) is 3.11. The molecule has 1 aliphatic heterocycles. The van der Waals surface area contributed by atoms with Crippen LogP contribution in [0.5, 0.6) is 0 Å². The molecule has 1 heterocycles. The Kier molecular flexibility index (Phi) is 5.13. The number of carbonyl (C=O) groups excluding carboxylic acids is 2. The first kappa shape index (κ1) is 18.2. The number of carbonyl (C=O) groups is 2. The Morgan fingerprint density at radius 3 is 2.31 bits per heavy atom. The lowest BCUT2D eigenvalue weighted by atomic mass is 9.84. The summed E-state index contributed by atoms with van der Waals surface area (Å²) in [7, 11) is 1.75. The van der Waals surface area contributed by atoms with Gasteiger partial charge in [0.05, 0.1) is 5.54 Å². The highest BCUT2D eigenvalue weighted by atomic mass is 19.1. The van der Waals surface area contributed by atoms with E-state index in [2.05, 4.69) is 5.32 Å². The Bertz CT molecular complexity index is 795. The zero-order chi connectivity index (χ0) is 18.7. The number of amides is 1. The molecule has 1 aliphatic rings. The second kappa shape index (κ2) is 7.33. The standard InChI is InChI=1S/C20H20F2N2O2/c1-23-20(8-5-9-25)12-24(13-20)19(26)18-16(21)10-15(11-17(18)22)14-6-3-2-4-7-14/h2-4,6-7,9-11,23H,5,8,12-13H2,1H3. The molecule has 0 aliphatic carbocycles. The first-order valence-electron chi connectivity index (χ1n) is 8.46. The van der Waals surface area contributed by atoms with E-state index in [1.54, 1.807) is 31.3 Å². The van der Waals surface area contributed by atoms with Gasteiger partial charge in [-0.05, 0) is 36.7 Å². The van der Waals surface area contributed by atoms with E-state index < -0.39 is 23.1 Å². The molecule has 0 spiro atoms. The molecule has 1 saturated heterocycles. The highest BCUT2D eigenvalue weighted by Crippen LogP contribution is 2.30. The minimum atomic E-state index is -0.872. The number of likely N-dealkylation sites (tertiary alicyclic amines) is 1. The van der Waals surface area contributed by atoms with Crippen molar-refractivity contribution in [2.24, 2.45) is 0 Å². The predicted octanol–water partition coefficient (Wildman–Crippen LogP) is 3.02.